The summed E-state index contributed by atoms with van der Waals surface area (Å²) < 4.78 is 2.18. The van der Waals surface area contributed by atoms with Crippen LogP contribution in [0.25, 0.3) is 0 Å². The Bertz CT molecular complexity index is 470. The van der Waals surface area contributed by atoms with Crippen LogP contribution in [0.5, 0.6) is 0 Å². The fourth-order valence-electron chi connectivity index (χ4n) is 2.87. The average Bonchev–Trinajstić information content (AvgIpc) is 2.88. The molecule has 6 heteroatoms. The Hall–Kier alpha value is -1.04. The second-order valence-corrected chi connectivity index (χ2v) is 6.64. The van der Waals surface area contributed by atoms with E-state index in [1.165, 1.54) is 24.6 Å². The van der Waals surface area contributed by atoms with Crippen LogP contribution in [-0.4, -0.2) is 31.6 Å². The Morgan fingerprint density at radius 1 is 1.53 bits per heavy atom. The molecule has 0 bridgehead atoms. The lowest BCUT2D eigenvalue weighted by Gasteiger charge is -2.29. The first-order valence-corrected chi connectivity index (χ1v) is 7.72. The number of carboxylic acids is 1. The van der Waals surface area contributed by atoms with Gasteiger partial charge in [-0.15, -0.1) is 10.2 Å². The maximum atomic E-state index is 10.7. The lowest BCUT2D eigenvalue weighted by molar-refractivity contribution is -0.133. The summed E-state index contributed by atoms with van der Waals surface area (Å²) in [6.45, 7) is 6.61. The summed E-state index contributed by atoms with van der Waals surface area (Å²) in [5.74, 6) is 0.186. The second kappa shape index (κ2) is 5.53. The van der Waals surface area contributed by atoms with Gasteiger partial charge >= 0.3 is 5.97 Å². The van der Waals surface area contributed by atoms with Gasteiger partial charge in [-0.05, 0) is 18.3 Å². The standard InChI is InChI=1S/C13H21N3O2S/c1-4-10-14-15-12(19-8-11(17)18)16(10)9-6-5-7-13(9,2)3/h9H,4-8H2,1-3H3,(H,17,18). The van der Waals surface area contributed by atoms with E-state index in [-0.39, 0.29) is 11.2 Å². The van der Waals surface area contributed by atoms with Gasteiger partial charge in [0.05, 0.1) is 5.75 Å². The molecule has 0 aliphatic heterocycles. The molecule has 1 heterocycles. The quantitative estimate of drug-likeness (QED) is 0.842. The first-order chi connectivity index (χ1) is 8.95. The number of carbonyl (C=O) groups is 1. The van der Waals surface area contributed by atoms with Crippen molar-refractivity contribution in [2.75, 3.05) is 5.75 Å². The van der Waals surface area contributed by atoms with E-state index in [9.17, 15) is 4.79 Å². The Balaban J connectivity index is 2.31. The number of aliphatic carboxylic acids is 1. The number of aromatic nitrogens is 3. The predicted octanol–water partition coefficient (Wildman–Crippen LogP) is 2.77. The second-order valence-electron chi connectivity index (χ2n) is 5.70. The minimum Gasteiger partial charge on any atom is -0.481 e. The van der Waals surface area contributed by atoms with E-state index < -0.39 is 5.97 Å². The van der Waals surface area contributed by atoms with Gasteiger partial charge in [0.1, 0.15) is 5.82 Å². The highest BCUT2D eigenvalue weighted by molar-refractivity contribution is 7.99. The molecule has 0 amide bonds. The Kier molecular flexibility index (Phi) is 4.18. The van der Waals surface area contributed by atoms with Gasteiger partial charge in [0.25, 0.3) is 0 Å². The summed E-state index contributed by atoms with van der Waals surface area (Å²) in [6.07, 6.45) is 4.36. The third-order valence-corrected chi connectivity index (χ3v) is 4.82. The van der Waals surface area contributed by atoms with E-state index in [0.29, 0.717) is 6.04 Å². The molecule has 5 nitrogen and oxygen atoms in total. The van der Waals surface area contributed by atoms with Crippen LogP contribution in [0.2, 0.25) is 0 Å². The van der Waals surface area contributed by atoms with Gasteiger partial charge in [-0.2, -0.15) is 0 Å². The molecule has 1 unspecified atom stereocenters. The molecule has 0 aromatic carbocycles. The lowest BCUT2D eigenvalue weighted by atomic mass is 9.87. The Morgan fingerprint density at radius 2 is 2.26 bits per heavy atom. The van der Waals surface area contributed by atoms with Crippen molar-refractivity contribution in [3.63, 3.8) is 0 Å². The highest BCUT2D eigenvalue weighted by atomic mass is 32.2. The molecule has 1 aliphatic rings. The molecule has 1 aromatic rings. The zero-order chi connectivity index (χ0) is 14.0. The van der Waals surface area contributed by atoms with Crippen LogP contribution >= 0.6 is 11.8 Å². The van der Waals surface area contributed by atoms with Crippen LogP contribution < -0.4 is 0 Å². The van der Waals surface area contributed by atoms with Crippen LogP contribution in [0, 0.1) is 5.41 Å². The minimum absolute atomic E-state index is 0.0367. The van der Waals surface area contributed by atoms with Gasteiger partial charge in [-0.3, -0.25) is 4.79 Å². The molecule has 106 valence electrons. The highest BCUT2D eigenvalue weighted by Crippen LogP contribution is 2.47. The summed E-state index contributed by atoms with van der Waals surface area (Å²) in [5, 5.41) is 18.0. The molecular formula is C13H21N3O2S. The number of carboxylic acid groups (broad SMARTS) is 1. The van der Waals surface area contributed by atoms with E-state index >= 15 is 0 Å². The third kappa shape index (κ3) is 2.94. The van der Waals surface area contributed by atoms with Crippen LogP contribution in [-0.2, 0) is 11.2 Å². The highest BCUT2D eigenvalue weighted by Gasteiger charge is 2.38. The van der Waals surface area contributed by atoms with Crippen molar-refractivity contribution < 1.29 is 9.90 Å². The van der Waals surface area contributed by atoms with E-state index in [1.54, 1.807) is 0 Å². The van der Waals surface area contributed by atoms with Gasteiger partial charge in [0, 0.05) is 12.5 Å². The fourth-order valence-corrected chi connectivity index (χ4v) is 3.60. The monoisotopic (exact) mass is 283 g/mol. The number of aryl methyl sites for hydroxylation is 1. The molecule has 1 N–H and O–H groups in total. The van der Waals surface area contributed by atoms with Gasteiger partial charge in [-0.1, -0.05) is 39.0 Å². The maximum absolute atomic E-state index is 10.7. The summed E-state index contributed by atoms with van der Waals surface area (Å²) >= 11 is 1.27. The number of rotatable bonds is 5. The SMILES string of the molecule is CCc1nnc(SCC(=O)O)n1C1CCCC1(C)C. The van der Waals surface area contributed by atoms with Crippen molar-refractivity contribution in [2.24, 2.45) is 5.41 Å². The molecule has 1 atom stereocenters. The number of hydrogen-bond donors (Lipinski definition) is 1. The van der Waals surface area contributed by atoms with Crippen molar-refractivity contribution in [1.82, 2.24) is 14.8 Å². The molecule has 0 spiro atoms. The molecule has 2 rings (SSSR count). The summed E-state index contributed by atoms with van der Waals surface area (Å²) in [7, 11) is 0. The van der Waals surface area contributed by atoms with Gasteiger partial charge in [0.15, 0.2) is 5.16 Å². The van der Waals surface area contributed by atoms with Crippen molar-refractivity contribution in [3.8, 4) is 0 Å². The topological polar surface area (TPSA) is 68.0 Å². The number of hydrogen-bond acceptors (Lipinski definition) is 4. The first kappa shape index (κ1) is 14.4. The molecule has 0 radical (unpaired) electrons. The Labute approximate surface area is 117 Å². The van der Waals surface area contributed by atoms with Crippen molar-refractivity contribution in [1.29, 1.82) is 0 Å². The van der Waals surface area contributed by atoms with Gasteiger partial charge in [-0.25, -0.2) is 0 Å². The van der Waals surface area contributed by atoms with E-state index in [0.717, 1.165) is 23.8 Å². The minimum atomic E-state index is -0.816. The third-order valence-electron chi connectivity index (χ3n) is 3.89. The normalized spacial score (nSPS) is 21.7. The van der Waals surface area contributed by atoms with Crippen molar-refractivity contribution in [2.45, 2.75) is 57.7 Å². The van der Waals surface area contributed by atoms with E-state index in [1.807, 2.05) is 0 Å². The molecular weight excluding hydrogens is 262 g/mol. The number of nitrogens with zero attached hydrogens (tertiary/aromatic N) is 3. The maximum Gasteiger partial charge on any atom is 0.313 e. The largest absolute Gasteiger partial charge is 0.481 e. The van der Waals surface area contributed by atoms with Crippen molar-refractivity contribution >= 4 is 17.7 Å². The van der Waals surface area contributed by atoms with E-state index in [4.69, 9.17) is 5.11 Å². The summed E-state index contributed by atoms with van der Waals surface area (Å²) in [5.41, 5.74) is 0.227. The van der Waals surface area contributed by atoms with Crippen LogP contribution in [0.1, 0.15) is 51.9 Å². The van der Waals surface area contributed by atoms with Gasteiger partial charge < -0.3 is 9.67 Å². The molecule has 1 saturated carbocycles. The summed E-state index contributed by atoms with van der Waals surface area (Å²) in [6, 6.07) is 0.383. The lowest BCUT2D eigenvalue weighted by Crippen LogP contribution is -2.24. The zero-order valence-electron chi connectivity index (χ0n) is 11.7. The van der Waals surface area contributed by atoms with Crippen LogP contribution in [0.4, 0.5) is 0 Å². The first-order valence-electron chi connectivity index (χ1n) is 6.74. The molecule has 1 aliphatic carbocycles. The Morgan fingerprint density at radius 3 is 2.79 bits per heavy atom. The fraction of sp³-hybridized carbons (Fsp3) is 0.769. The number of thioether (sulfide) groups is 1. The molecule has 0 saturated heterocycles. The molecule has 19 heavy (non-hydrogen) atoms. The zero-order valence-corrected chi connectivity index (χ0v) is 12.5. The van der Waals surface area contributed by atoms with Crippen LogP contribution in [0.15, 0.2) is 5.16 Å². The molecule has 1 aromatic heterocycles. The predicted molar refractivity (Wildman–Crippen MR) is 74.4 cm³/mol. The van der Waals surface area contributed by atoms with E-state index in [2.05, 4.69) is 35.5 Å². The average molecular weight is 283 g/mol. The van der Waals surface area contributed by atoms with Crippen molar-refractivity contribution in [3.05, 3.63) is 5.82 Å². The summed E-state index contributed by atoms with van der Waals surface area (Å²) in [4.78, 5) is 10.7. The van der Waals surface area contributed by atoms with Crippen LogP contribution in [0.3, 0.4) is 0 Å². The van der Waals surface area contributed by atoms with Gasteiger partial charge in [0.2, 0.25) is 0 Å². The smallest absolute Gasteiger partial charge is 0.313 e. The molecule has 1 fully saturated rings.